The molecule has 1 aliphatic carbocycles. The lowest BCUT2D eigenvalue weighted by Crippen LogP contribution is -2.40. The van der Waals surface area contributed by atoms with Gasteiger partial charge in [0.05, 0.1) is 0 Å². The summed E-state index contributed by atoms with van der Waals surface area (Å²) in [5.41, 5.74) is 1.33. The highest BCUT2D eigenvalue weighted by Crippen LogP contribution is 2.42. The first-order chi connectivity index (χ1) is 7.27. The molecule has 2 heterocycles. The van der Waals surface area contributed by atoms with Gasteiger partial charge in [-0.15, -0.1) is 11.6 Å². The summed E-state index contributed by atoms with van der Waals surface area (Å²) in [6.45, 7) is 2.11. The number of nitrogens with one attached hydrogen (secondary N) is 1. The summed E-state index contributed by atoms with van der Waals surface area (Å²) in [4.78, 5) is 0. The molecule has 3 rings (SSSR count). The van der Waals surface area contributed by atoms with Crippen molar-refractivity contribution in [2.24, 2.45) is 0 Å². The van der Waals surface area contributed by atoms with Crippen molar-refractivity contribution in [3.63, 3.8) is 0 Å². The Labute approximate surface area is 95.3 Å². The molecular weight excluding hydrogens is 210 g/mol. The van der Waals surface area contributed by atoms with Crippen molar-refractivity contribution in [3.05, 3.63) is 23.5 Å². The van der Waals surface area contributed by atoms with Crippen molar-refractivity contribution >= 4 is 11.6 Å². The molecule has 15 heavy (non-hydrogen) atoms. The summed E-state index contributed by atoms with van der Waals surface area (Å²) in [6.07, 6.45) is 8.57. The molecule has 0 saturated carbocycles. The molecular formula is C12H16ClNO. The van der Waals surface area contributed by atoms with E-state index in [4.69, 9.17) is 16.3 Å². The monoisotopic (exact) mass is 225 g/mol. The summed E-state index contributed by atoms with van der Waals surface area (Å²) in [7, 11) is 0. The zero-order valence-electron chi connectivity index (χ0n) is 8.76. The van der Waals surface area contributed by atoms with E-state index in [9.17, 15) is 0 Å². The van der Waals surface area contributed by atoms with Gasteiger partial charge in [0, 0.05) is 18.2 Å². The molecule has 1 fully saturated rings. The topological polar surface area (TPSA) is 21.3 Å². The summed E-state index contributed by atoms with van der Waals surface area (Å²) >= 11 is 6.16. The van der Waals surface area contributed by atoms with Gasteiger partial charge in [0.2, 0.25) is 0 Å². The van der Waals surface area contributed by atoms with Gasteiger partial charge < -0.3 is 10.1 Å². The molecule has 2 aliphatic heterocycles. The van der Waals surface area contributed by atoms with E-state index in [1.807, 2.05) is 0 Å². The van der Waals surface area contributed by atoms with Crippen LogP contribution in [0.4, 0.5) is 0 Å². The highest BCUT2D eigenvalue weighted by molar-refractivity contribution is 6.21. The van der Waals surface area contributed by atoms with E-state index in [2.05, 4.69) is 17.5 Å². The minimum Gasteiger partial charge on any atom is -0.483 e. The number of ether oxygens (including phenoxy) is 1. The van der Waals surface area contributed by atoms with Crippen molar-refractivity contribution in [3.8, 4) is 0 Å². The minimum absolute atomic E-state index is 0.00658. The lowest BCUT2D eigenvalue weighted by molar-refractivity contribution is 0.0373. The Morgan fingerprint density at radius 3 is 3.00 bits per heavy atom. The molecule has 0 aromatic heterocycles. The average Bonchev–Trinajstić information content (AvgIpc) is 2.56. The second-order valence-corrected chi connectivity index (χ2v) is 5.31. The van der Waals surface area contributed by atoms with E-state index in [0.29, 0.717) is 0 Å². The molecule has 2 nitrogen and oxygen atoms in total. The van der Waals surface area contributed by atoms with Crippen LogP contribution in [0.25, 0.3) is 0 Å². The SMILES string of the molecule is ClC1CC=C2OC3(C=C2C1)CCNCC3. The van der Waals surface area contributed by atoms with Crippen molar-refractivity contribution in [1.29, 1.82) is 0 Å². The van der Waals surface area contributed by atoms with Crippen LogP contribution >= 0.6 is 11.6 Å². The number of hydrogen-bond donors (Lipinski definition) is 1. The fourth-order valence-corrected chi connectivity index (χ4v) is 2.94. The molecule has 3 heteroatoms. The van der Waals surface area contributed by atoms with Gasteiger partial charge in [-0.25, -0.2) is 0 Å². The Hall–Kier alpha value is -0.470. The number of halogens is 1. The van der Waals surface area contributed by atoms with E-state index >= 15 is 0 Å². The van der Waals surface area contributed by atoms with Crippen LogP contribution < -0.4 is 5.32 Å². The Morgan fingerprint density at radius 1 is 1.40 bits per heavy atom. The fraction of sp³-hybridized carbons (Fsp3) is 0.667. The van der Waals surface area contributed by atoms with E-state index in [-0.39, 0.29) is 11.0 Å². The van der Waals surface area contributed by atoms with Crippen LogP contribution in [0.3, 0.4) is 0 Å². The first-order valence-corrected chi connectivity index (χ1v) is 6.17. The maximum absolute atomic E-state index is 6.16. The smallest absolute Gasteiger partial charge is 0.130 e. The molecule has 1 unspecified atom stereocenters. The summed E-state index contributed by atoms with van der Waals surface area (Å²) < 4.78 is 6.11. The van der Waals surface area contributed by atoms with Gasteiger partial charge >= 0.3 is 0 Å². The van der Waals surface area contributed by atoms with Crippen LogP contribution in [0.15, 0.2) is 23.5 Å². The van der Waals surface area contributed by atoms with Crippen LogP contribution in [-0.4, -0.2) is 24.1 Å². The third-order valence-electron chi connectivity index (χ3n) is 3.52. The maximum Gasteiger partial charge on any atom is 0.130 e. The molecule has 1 N–H and O–H groups in total. The normalized spacial score (nSPS) is 33.0. The standard InChI is InChI=1S/C12H16ClNO/c13-10-1-2-11-9(7-10)8-12(15-11)3-5-14-6-4-12/h2,8,10,14H,1,3-7H2. The highest BCUT2D eigenvalue weighted by Gasteiger charge is 2.39. The predicted octanol–water partition coefficient (Wildman–Crippen LogP) is 2.35. The molecule has 0 amide bonds. The lowest BCUT2D eigenvalue weighted by atomic mass is 9.90. The lowest BCUT2D eigenvalue weighted by Gasteiger charge is -2.32. The van der Waals surface area contributed by atoms with Crippen molar-refractivity contribution < 1.29 is 4.74 Å². The molecule has 1 spiro atoms. The van der Waals surface area contributed by atoms with Crippen LogP contribution in [0, 0.1) is 0 Å². The third kappa shape index (κ3) is 1.70. The van der Waals surface area contributed by atoms with Crippen LogP contribution in [0.5, 0.6) is 0 Å². The molecule has 1 saturated heterocycles. The minimum atomic E-state index is -0.00658. The van der Waals surface area contributed by atoms with Gasteiger partial charge in [0.1, 0.15) is 11.4 Å². The second kappa shape index (κ2) is 3.53. The Morgan fingerprint density at radius 2 is 2.20 bits per heavy atom. The van der Waals surface area contributed by atoms with E-state index < -0.39 is 0 Å². The number of piperidine rings is 1. The van der Waals surface area contributed by atoms with Gasteiger partial charge in [0.25, 0.3) is 0 Å². The first kappa shape index (κ1) is 9.73. The molecule has 0 radical (unpaired) electrons. The molecule has 1 atom stereocenters. The number of alkyl halides is 1. The van der Waals surface area contributed by atoms with Gasteiger partial charge in [-0.3, -0.25) is 0 Å². The molecule has 0 bridgehead atoms. The van der Waals surface area contributed by atoms with Gasteiger partial charge in [-0.2, -0.15) is 0 Å². The molecule has 3 aliphatic rings. The summed E-state index contributed by atoms with van der Waals surface area (Å²) in [6, 6.07) is 0. The fourth-order valence-electron chi connectivity index (χ4n) is 2.69. The third-order valence-corrected chi connectivity index (χ3v) is 3.85. The van der Waals surface area contributed by atoms with Crippen molar-refractivity contribution in [1.82, 2.24) is 5.32 Å². The Kier molecular flexibility index (Phi) is 2.29. The number of hydrogen-bond acceptors (Lipinski definition) is 2. The van der Waals surface area contributed by atoms with Crippen LogP contribution in [0.1, 0.15) is 25.7 Å². The first-order valence-electron chi connectivity index (χ1n) is 5.74. The number of fused-ring (bicyclic) bond motifs is 1. The largest absolute Gasteiger partial charge is 0.483 e. The molecule has 0 aromatic rings. The van der Waals surface area contributed by atoms with E-state index in [1.165, 1.54) is 5.57 Å². The van der Waals surface area contributed by atoms with E-state index in [1.54, 1.807) is 0 Å². The van der Waals surface area contributed by atoms with Crippen LogP contribution in [-0.2, 0) is 4.74 Å². The van der Waals surface area contributed by atoms with Crippen LogP contribution in [0.2, 0.25) is 0 Å². The van der Waals surface area contributed by atoms with Crippen molar-refractivity contribution in [2.75, 3.05) is 13.1 Å². The number of allylic oxidation sites excluding steroid dienone is 2. The molecule has 82 valence electrons. The van der Waals surface area contributed by atoms with Gasteiger partial charge in [-0.05, 0) is 43.7 Å². The zero-order chi connectivity index (χ0) is 10.3. The molecule has 0 aromatic carbocycles. The van der Waals surface area contributed by atoms with Crippen molar-refractivity contribution in [2.45, 2.75) is 36.7 Å². The average molecular weight is 226 g/mol. The van der Waals surface area contributed by atoms with E-state index in [0.717, 1.165) is 44.5 Å². The Bertz CT molecular complexity index is 329. The van der Waals surface area contributed by atoms with Gasteiger partial charge in [0.15, 0.2) is 0 Å². The second-order valence-electron chi connectivity index (χ2n) is 4.69. The summed E-state index contributed by atoms with van der Waals surface area (Å²) in [5.74, 6) is 1.11. The highest BCUT2D eigenvalue weighted by atomic mass is 35.5. The zero-order valence-corrected chi connectivity index (χ0v) is 9.52. The predicted molar refractivity (Wildman–Crippen MR) is 61.0 cm³/mol. The summed E-state index contributed by atoms with van der Waals surface area (Å²) in [5, 5.41) is 3.64. The maximum atomic E-state index is 6.16. The quantitative estimate of drug-likeness (QED) is 0.639. The number of rotatable bonds is 0. The van der Waals surface area contributed by atoms with Gasteiger partial charge in [-0.1, -0.05) is 0 Å². The Balaban J connectivity index is 1.86.